The fourth-order valence-electron chi connectivity index (χ4n) is 0.930. The van der Waals surface area contributed by atoms with E-state index in [1.165, 1.54) is 6.20 Å². The second-order valence-corrected chi connectivity index (χ2v) is 2.73. The van der Waals surface area contributed by atoms with Crippen molar-refractivity contribution in [2.75, 3.05) is 7.05 Å². The second kappa shape index (κ2) is 9.27. The number of pyridine rings is 1. The number of carbonyl (C=O) groups excluding carboxylic acids is 1. The number of aldehydes is 1. The zero-order valence-electron chi connectivity index (χ0n) is 10.7. The van der Waals surface area contributed by atoms with Crippen LogP contribution in [0.5, 0.6) is 5.88 Å². The molecule has 0 saturated carbocycles. The third-order valence-electron chi connectivity index (χ3n) is 1.66. The van der Waals surface area contributed by atoms with E-state index in [0.29, 0.717) is 17.2 Å². The lowest BCUT2D eigenvalue weighted by Crippen LogP contribution is -1.98. The lowest BCUT2D eigenvalue weighted by molar-refractivity contribution is 0.112. The van der Waals surface area contributed by atoms with E-state index in [-0.39, 0.29) is 0 Å². The predicted octanol–water partition coefficient (Wildman–Crippen LogP) is 2.90. The highest BCUT2D eigenvalue weighted by Crippen LogP contribution is 2.09. The molecule has 1 rings (SSSR count). The van der Waals surface area contributed by atoms with E-state index in [4.69, 9.17) is 4.74 Å². The molecule has 0 amide bonds. The molecule has 0 aliphatic carbocycles. The Kier molecular flexibility index (Phi) is 8.20. The highest BCUT2D eigenvalue weighted by atomic mass is 16.5. The molecule has 0 bridgehead atoms. The molecule has 92 valence electrons. The molecule has 0 radical (unpaired) electrons. The first kappa shape index (κ1) is 15.0. The molecule has 0 saturated heterocycles. The van der Waals surface area contributed by atoms with Gasteiger partial charge >= 0.3 is 0 Å². The summed E-state index contributed by atoms with van der Waals surface area (Å²) in [7, 11) is 1.66. The van der Waals surface area contributed by atoms with Crippen LogP contribution < -0.4 is 4.74 Å². The smallest absolute Gasteiger partial charge is 0.219 e. The zero-order valence-corrected chi connectivity index (χ0v) is 10.7. The van der Waals surface area contributed by atoms with Crippen LogP contribution in [0.15, 0.2) is 35.2 Å². The Morgan fingerprint density at radius 1 is 1.41 bits per heavy atom. The summed E-state index contributed by atoms with van der Waals surface area (Å²) >= 11 is 0. The van der Waals surface area contributed by atoms with E-state index >= 15 is 0 Å². The van der Waals surface area contributed by atoms with Gasteiger partial charge in [-0.2, -0.15) is 0 Å². The summed E-state index contributed by atoms with van der Waals surface area (Å²) in [5, 5.41) is 0. The molecule has 0 unspecified atom stereocenters. The van der Waals surface area contributed by atoms with Crippen LogP contribution in [-0.4, -0.2) is 24.5 Å². The minimum atomic E-state index is 0.439. The molecular formula is C13H18N2O2. The van der Waals surface area contributed by atoms with Crippen molar-refractivity contribution in [2.45, 2.75) is 20.8 Å². The van der Waals surface area contributed by atoms with Gasteiger partial charge in [-0.3, -0.25) is 9.79 Å². The minimum Gasteiger partial charge on any atom is -0.438 e. The van der Waals surface area contributed by atoms with Crippen LogP contribution in [-0.2, 0) is 0 Å². The maximum Gasteiger partial charge on any atom is 0.219 e. The molecule has 0 spiro atoms. The summed E-state index contributed by atoms with van der Waals surface area (Å²) < 4.78 is 5.39. The summed E-state index contributed by atoms with van der Waals surface area (Å²) in [6, 6.07) is 3.28. The van der Waals surface area contributed by atoms with E-state index in [9.17, 15) is 4.79 Å². The van der Waals surface area contributed by atoms with E-state index in [1.807, 2.05) is 20.8 Å². The average Bonchev–Trinajstić information content (AvgIpc) is 2.41. The molecule has 0 aliphatic rings. The van der Waals surface area contributed by atoms with Crippen molar-refractivity contribution in [3.8, 4) is 5.88 Å². The van der Waals surface area contributed by atoms with Crippen LogP contribution >= 0.6 is 0 Å². The largest absolute Gasteiger partial charge is 0.438 e. The van der Waals surface area contributed by atoms with Crippen molar-refractivity contribution in [3.05, 3.63) is 35.7 Å². The monoisotopic (exact) mass is 234 g/mol. The first-order valence-electron chi connectivity index (χ1n) is 5.47. The molecular weight excluding hydrogens is 216 g/mol. The topological polar surface area (TPSA) is 51.5 Å². The van der Waals surface area contributed by atoms with E-state index < -0.39 is 0 Å². The van der Waals surface area contributed by atoms with Crippen molar-refractivity contribution in [2.24, 2.45) is 4.99 Å². The number of carbonyl (C=O) groups is 1. The van der Waals surface area contributed by atoms with Gasteiger partial charge in [0.1, 0.15) is 5.76 Å². The summed E-state index contributed by atoms with van der Waals surface area (Å²) in [5.74, 6) is 1.05. The standard InChI is InChI=1S/C11H12N2O2.C2H6/c1-3-10(7-12-2)15-11-5-4-9(8-14)6-13-11;1-2/h3-8H,1-2H3;1-2H3/b10-3+,12-7?;. The van der Waals surface area contributed by atoms with Gasteiger partial charge in [-0.05, 0) is 19.1 Å². The third kappa shape index (κ3) is 5.61. The number of aliphatic imine (C=N–C) groups is 1. The molecule has 1 aromatic heterocycles. The van der Waals surface area contributed by atoms with Crippen LogP contribution in [0.25, 0.3) is 0 Å². The zero-order chi connectivity index (χ0) is 13.1. The predicted molar refractivity (Wildman–Crippen MR) is 69.8 cm³/mol. The molecule has 4 nitrogen and oxygen atoms in total. The van der Waals surface area contributed by atoms with Crippen LogP contribution in [0.2, 0.25) is 0 Å². The second-order valence-electron chi connectivity index (χ2n) is 2.73. The Morgan fingerprint density at radius 3 is 2.53 bits per heavy atom. The Hall–Kier alpha value is -1.97. The average molecular weight is 234 g/mol. The number of nitrogens with zero attached hydrogens (tertiary/aromatic N) is 2. The third-order valence-corrected chi connectivity index (χ3v) is 1.66. The number of rotatable bonds is 4. The van der Waals surface area contributed by atoms with Crippen LogP contribution in [0.1, 0.15) is 31.1 Å². The molecule has 0 aromatic carbocycles. The number of ether oxygens (including phenoxy) is 1. The molecule has 0 atom stereocenters. The van der Waals surface area contributed by atoms with Gasteiger partial charge in [0.15, 0.2) is 6.29 Å². The maximum atomic E-state index is 10.4. The van der Waals surface area contributed by atoms with Gasteiger partial charge in [0.05, 0.1) is 6.21 Å². The molecule has 1 heterocycles. The lowest BCUT2D eigenvalue weighted by Gasteiger charge is -2.03. The van der Waals surface area contributed by atoms with Gasteiger partial charge in [0.2, 0.25) is 5.88 Å². The summed E-state index contributed by atoms with van der Waals surface area (Å²) in [6.45, 7) is 5.84. The number of aromatic nitrogens is 1. The van der Waals surface area contributed by atoms with Crippen molar-refractivity contribution >= 4 is 12.5 Å². The summed E-state index contributed by atoms with van der Waals surface area (Å²) in [4.78, 5) is 18.2. The number of hydrogen-bond donors (Lipinski definition) is 0. The van der Waals surface area contributed by atoms with Crippen molar-refractivity contribution in [1.82, 2.24) is 4.98 Å². The lowest BCUT2D eigenvalue weighted by atomic mass is 10.3. The normalized spacial score (nSPS) is 10.7. The van der Waals surface area contributed by atoms with Gasteiger partial charge in [-0.1, -0.05) is 13.8 Å². The van der Waals surface area contributed by atoms with Gasteiger partial charge in [-0.15, -0.1) is 0 Å². The first-order chi connectivity index (χ1) is 8.30. The van der Waals surface area contributed by atoms with Crippen molar-refractivity contribution in [1.29, 1.82) is 0 Å². The van der Waals surface area contributed by atoms with E-state index in [1.54, 1.807) is 31.5 Å². The van der Waals surface area contributed by atoms with Crippen LogP contribution in [0.3, 0.4) is 0 Å². The fourth-order valence-corrected chi connectivity index (χ4v) is 0.930. The van der Waals surface area contributed by atoms with Crippen molar-refractivity contribution < 1.29 is 9.53 Å². The van der Waals surface area contributed by atoms with Crippen molar-refractivity contribution in [3.63, 3.8) is 0 Å². The molecule has 1 aromatic rings. The van der Waals surface area contributed by atoms with E-state index in [0.717, 1.165) is 6.29 Å². The molecule has 0 aliphatic heterocycles. The van der Waals surface area contributed by atoms with Crippen LogP contribution in [0.4, 0.5) is 0 Å². The maximum absolute atomic E-state index is 10.4. The quantitative estimate of drug-likeness (QED) is 0.457. The number of allylic oxidation sites excluding steroid dienone is 2. The minimum absolute atomic E-state index is 0.439. The van der Waals surface area contributed by atoms with Gasteiger partial charge in [-0.25, -0.2) is 4.98 Å². The van der Waals surface area contributed by atoms with Gasteiger partial charge in [0.25, 0.3) is 0 Å². The molecule has 0 fully saturated rings. The Morgan fingerprint density at radius 2 is 2.12 bits per heavy atom. The van der Waals surface area contributed by atoms with E-state index in [2.05, 4.69) is 9.98 Å². The number of hydrogen-bond acceptors (Lipinski definition) is 4. The summed E-state index contributed by atoms with van der Waals surface area (Å²) in [5.41, 5.74) is 0.522. The highest BCUT2D eigenvalue weighted by molar-refractivity contribution is 5.76. The highest BCUT2D eigenvalue weighted by Gasteiger charge is 1.98. The Bertz CT molecular complexity index is 381. The first-order valence-corrected chi connectivity index (χ1v) is 5.47. The molecule has 4 heteroatoms. The fraction of sp³-hybridized carbons (Fsp3) is 0.308. The summed E-state index contributed by atoms with van der Waals surface area (Å²) in [6.07, 6.45) is 5.57. The Labute approximate surface area is 102 Å². The molecule has 17 heavy (non-hydrogen) atoms. The van der Waals surface area contributed by atoms with Gasteiger partial charge < -0.3 is 4.74 Å². The van der Waals surface area contributed by atoms with Gasteiger partial charge in [0, 0.05) is 24.9 Å². The molecule has 0 N–H and O–H groups in total. The SMILES string of the molecule is C/C=C(\C=NC)Oc1ccc(C=O)cn1.CC. The Balaban J connectivity index is 0.00000121. The van der Waals surface area contributed by atoms with Crippen LogP contribution in [0, 0.1) is 0 Å².